The largest absolute Gasteiger partial charge is 0.494 e. The van der Waals surface area contributed by atoms with E-state index in [9.17, 15) is 4.79 Å². The Morgan fingerprint density at radius 3 is 2.48 bits per heavy atom. The summed E-state index contributed by atoms with van der Waals surface area (Å²) in [5, 5.41) is 3.07. The van der Waals surface area contributed by atoms with E-state index in [2.05, 4.69) is 41.4 Å². The molecule has 2 aromatic carbocycles. The van der Waals surface area contributed by atoms with E-state index in [1.54, 1.807) is 0 Å². The average molecular weight is 368 g/mol. The van der Waals surface area contributed by atoms with Crippen LogP contribution in [0.15, 0.2) is 54.6 Å². The van der Waals surface area contributed by atoms with Gasteiger partial charge in [-0.2, -0.15) is 0 Å². The van der Waals surface area contributed by atoms with Crippen molar-refractivity contribution in [2.45, 2.75) is 32.4 Å². The van der Waals surface area contributed by atoms with Crippen molar-refractivity contribution < 1.29 is 14.3 Å². The van der Waals surface area contributed by atoms with Crippen LogP contribution in [-0.2, 0) is 11.3 Å². The number of hydrogen-bond donors (Lipinski definition) is 1. The molecule has 0 radical (unpaired) electrons. The van der Waals surface area contributed by atoms with Gasteiger partial charge in [0, 0.05) is 25.7 Å². The van der Waals surface area contributed by atoms with E-state index in [0.717, 1.165) is 38.2 Å². The van der Waals surface area contributed by atoms with E-state index in [1.807, 2.05) is 30.3 Å². The molecule has 144 valence electrons. The molecular formula is C22H28N2O3. The molecule has 1 heterocycles. The number of benzene rings is 2. The first-order chi connectivity index (χ1) is 13.2. The summed E-state index contributed by atoms with van der Waals surface area (Å²) >= 11 is 0. The number of ether oxygens (including phenoxy) is 2. The lowest BCUT2D eigenvalue weighted by molar-refractivity contribution is -0.123. The summed E-state index contributed by atoms with van der Waals surface area (Å²) < 4.78 is 11.1. The molecule has 0 bridgehead atoms. The van der Waals surface area contributed by atoms with Crippen LogP contribution >= 0.6 is 0 Å². The summed E-state index contributed by atoms with van der Waals surface area (Å²) in [7, 11) is 0. The maximum Gasteiger partial charge on any atom is 0.258 e. The molecular weight excluding hydrogens is 340 g/mol. The van der Waals surface area contributed by atoms with Crippen LogP contribution < -0.4 is 14.8 Å². The lowest BCUT2D eigenvalue weighted by Crippen LogP contribution is -2.39. The quantitative estimate of drug-likeness (QED) is 0.738. The molecule has 3 rings (SSSR count). The second-order valence-corrected chi connectivity index (χ2v) is 6.88. The Bertz CT molecular complexity index is 703. The predicted molar refractivity (Wildman–Crippen MR) is 106 cm³/mol. The van der Waals surface area contributed by atoms with Crippen LogP contribution in [0.3, 0.4) is 0 Å². The van der Waals surface area contributed by atoms with Crippen LogP contribution in [0.5, 0.6) is 11.5 Å². The van der Waals surface area contributed by atoms with E-state index >= 15 is 0 Å². The molecule has 27 heavy (non-hydrogen) atoms. The minimum absolute atomic E-state index is 0.0321. The zero-order valence-corrected chi connectivity index (χ0v) is 15.9. The summed E-state index contributed by atoms with van der Waals surface area (Å²) in [6.45, 7) is 5.61. The fourth-order valence-electron chi connectivity index (χ4n) is 3.21. The van der Waals surface area contributed by atoms with E-state index in [-0.39, 0.29) is 18.6 Å². The molecule has 1 amide bonds. The fraction of sp³-hybridized carbons (Fsp3) is 0.409. The van der Waals surface area contributed by atoms with Gasteiger partial charge >= 0.3 is 0 Å². The highest BCUT2D eigenvalue weighted by Crippen LogP contribution is 2.18. The molecule has 5 nitrogen and oxygen atoms in total. The van der Waals surface area contributed by atoms with E-state index < -0.39 is 0 Å². The van der Waals surface area contributed by atoms with E-state index in [0.29, 0.717) is 12.4 Å². The van der Waals surface area contributed by atoms with Crippen molar-refractivity contribution in [3.05, 3.63) is 60.2 Å². The van der Waals surface area contributed by atoms with Gasteiger partial charge in [0.25, 0.3) is 5.91 Å². The number of likely N-dealkylation sites (tertiary alicyclic amines) is 1. The third-order valence-corrected chi connectivity index (χ3v) is 4.55. The Kier molecular flexibility index (Phi) is 7.11. The van der Waals surface area contributed by atoms with Gasteiger partial charge < -0.3 is 14.8 Å². The summed E-state index contributed by atoms with van der Waals surface area (Å²) in [6, 6.07) is 18.0. The molecule has 1 saturated heterocycles. The van der Waals surface area contributed by atoms with Gasteiger partial charge in [-0.1, -0.05) is 37.3 Å². The smallest absolute Gasteiger partial charge is 0.258 e. The van der Waals surface area contributed by atoms with Crippen molar-refractivity contribution in [2.24, 2.45) is 0 Å². The minimum Gasteiger partial charge on any atom is -0.494 e. The van der Waals surface area contributed by atoms with Crippen LogP contribution in [0.25, 0.3) is 0 Å². The molecule has 0 aliphatic carbocycles. The van der Waals surface area contributed by atoms with Gasteiger partial charge in [0.15, 0.2) is 6.61 Å². The first kappa shape index (κ1) is 19.2. The summed E-state index contributed by atoms with van der Waals surface area (Å²) in [4.78, 5) is 14.5. The molecule has 1 unspecified atom stereocenters. The monoisotopic (exact) mass is 368 g/mol. The SMILES string of the molecule is CCCOc1ccc(OCC(=O)NC2CCN(Cc3ccccc3)C2)cc1. The van der Waals surface area contributed by atoms with Gasteiger partial charge in [0.1, 0.15) is 11.5 Å². The lowest BCUT2D eigenvalue weighted by atomic mass is 10.2. The lowest BCUT2D eigenvalue weighted by Gasteiger charge is -2.17. The number of carbonyl (C=O) groups is 1. The molecule has 2 aromatic rings. The number of carbonyl (C=O) groups excluding carboxylic acids is 1. The van der Waals surface area contributed by atoms with Crippen LogP contribution in [0, 0.1) is 0 Å². The maximum absolute atomic E-state index is 12.2. The zero-order chi connectivity index (χ0) is 18.9. The number of amides is 1. The van der Waals surface area contributed by atoms with Crippen molar-refractivity contribution in [3.63, 3.8) is 0 Å². The Morgan fingerprint density at radius 1 is 1.07 bits per heavy atom. The highest BCUT2D eigenvalue weighted by Gasteiger charge is 2.23. The Morgan fingerprint density at radius 2 is 1.78 bits per heavy atom. The third-order valence-electron chi connectivity index (χ3n) is 4.55. The van der Waals surface area contributed by atoms with Gasteiger partial charge in [0.2, 0.25) is 0 Å². The topological polar surface area (TPSA) is 50.8 Å². The molecule has 1 N–H and O–H groups in total. The summed E-state index contributed by atoms with van der Waals surface area (Å²) in [5.41, 5.74) is 1.30. The van der Waals surface area contributed by atoms with Crippen molar-refractivity contribution >= 4 is 5.91 Å². The fourth-order valence-corrected chi connectivity index (χ4v) is 3.21. The van der Waals surface area contributed by atoms with Crippen molar-refractivity contribution in [1.82, 2.24) is 10.2 Å². The van der Waals surface area contributed by atoms with Crippen molar-refractivity contribution in [1.29, 1.82) is 0 Å². The Balaban J connectivity index is 1.37. The van der Waals surface area contributed by atoms with Gasteiger partial charge in [-0.05, 0) is 42.7 Å². The first-order valence-electron chi connectivity index (χ1n) is 9.64. The van der Waals surface area contributed by atoms with Gasteiger partial charge in [0.05, 0.1) is 6.61 Å². The number of nitrogens with one attached hydrogen (secondary N) is 1. The van der Waals surface area contributed by atoms with Crippen LogP contribution in [0.1, 0.15) is 25.3 Å². The van der Waals surface area contributed by atoms with Crippen LogP contribution in [-0.4, -0.2) is 43.2 Å². The molecule has 0 saturated carbocycles. The standard InChI is InChI=1S/C22H28N2O3/c1-2-14-26-20-8-10-21(11-9-20)27-17-22(25)23-19-12-13-24(16-19)15-18-6-4-3-5-7-18/h3-11,19H,2,12-17H2,1H3,(H,23,25). The van der Waals surface area contributed by atoms with Crippen molar-refractivity contribution in [3.8, 4) is 11.5 Å². The summed E-state index contributed by atoms with van der Waals surface area (Å²) in [5.74, 6) is 1.41. The molecule has 1 aliphatic rings. The number of nitrogens with zero attached hydrogens (tertiary/aromatic N) is 1. The second kappa shape index (κ2) is 9.97. The predicted octanol–water partition coefficient (Wildman–Crippen LogP) is 3.24. The molecule has 1 atom stereocenters. The molecule has 0 spiro atoms. The van der Waals surface area contributed by atoms with E-state index in [4.69, 9.17) is 9.47 Å². The molecule has 5 heteroatoms. The maximum atomic E-state index is 12.2. The van der Waals surface area contributed by atoms with Crippen LogP contribution in [0.4, 0.5) is 0 Å². The normalized spacial score (nSPS) is 16.9. The Labute approximate surface area is 161 Å². The number of rotatable bonds is 9. The van der Waals surface area contributed by atoms with Gasteiger partial charge in [-0.15, -0.1) is 0 Å². The second-order valence-electron chi connectivity index (χ2n) is 6.88. The first-order valence-corrected chi connectivity index (χ1v) is 9.64. The van der Waals surface area contributed by atoms with Gasteiger partial charge in [-0.3, -0.25) is 9.69 Å². The molecule has 1 aliphatic heterocycles. The highest BCUT2D eigenvalue weighted by molar-refractivity contribution is 5.77. The Hall–Kier alpha value is -2.53. The summed E-state index contributed by atoms with van der Waals surface area (Å²) in [6.07, 6.45) is 1.95. The van der Waals surface area contributed by atoms with Gasteiger partial charge in [-0.25, -0.2) is 0 Å². The zero-order valence-electron chi connectivity index (χ0n) is 15.9. The molecule has 1 fully saturated rings. The molecule has 0 aromatic heterocycles. The third kappa shape index (κ3) is 6.29. The highest BCUT2D eigenvalue weighted by atomic mass is 16.5. The number of hydrogen-bond acceptors (Lipinski definition) is 4. The average Bonchev–Trinajstić information content (AvgIpc) is 3.13. The van der Waals surface area contributed by atoms with Crippen molar-refractivity contribution in [2.75, 3.05) is 26.3 Å². The van der Waals surface area contributed by atoms with Crippen LogP contribution in [0.2, 0.25) is 0 Å². The minimum atomic E-state index is -0.0760. The van der Waals surface area contributed by atoms with E-state index in [1.165, 1.54) is 5.56 Å².